The van der Waals surface area contributed by atoms with Crippen LogP contribution in [-0.4, -0.2) is 48.9 Å². The van der Waals surface area contributed by atoms with E-state index in [1.807, 2.05) is 18.9 Å². The fraction of sp³-hybridized carbons (Fsp3) is 0.526. The van der Waals surface area contributed by atoms with Gasteiger partial charge in [-0.25, -0.2) is 5.06 Å². The Morgan fingerprint density at radius 1 is 1.04 bits per heavy atom. The van der Waals surface area contributed by atoms with Gasteiger partial charge in [0.05, 0.1) is 25.3 Å². The van der Waals surface area contributed by atoms with Gasteiger partial charge < -0.3 is 4.84 Å². The number of carbonyl (C=O) groups is 1. The molecular formula is C19H25N2O3. The molecule has 1 aromatic carbocycles. The molecule has 5 heteroatoms. The lowest BCUT2D eigenvalue weighted by atomic mass is 9.87. The summed E-state index contributed by atoms with van der Waals surface area (Å²) in [4.78, 5) is 23.8. The molecule has 129 valence electrons. The number of carbonyl (C=O) groups excluding carboxylic acids is 1. The maximum Gasteiger partial charge on any atom is 0.279 e. The van der Waals surface area contributed by atoms with Gasteiger partial charge in [0.2, 0.25) is 0 Å². The molecule has 0 atom stereocenters. The highest BCUT2D eigenvalue weighted by atomic mass is 16.7. The van der Waals surface area contributed by atoms with E-state index >= 15 is 0 Å². The first-order valence-corrected chi connectivity index (χ1v) is 8.33. The maximum absolute atomic E-state index is 13.0. The molecule has 0 aliphatic carbocycles. The van der Waals surface area contributed by atoms with Crippen molar-refractivity contribution in [1.29, 1.82) is 0 Å². The van der Waals surface area contributed by atoms with E-state index in [-0.39, 0.29) is 5.91 Å². The number of aryl methyl sites for hydroxylation is 3. The smallest absolute Gasteiger partial charge is 0.279 e. The first kappa shape index (κ1) is 17.1. The molecule has 0 N–H and O–H groups in total. The van der Waals surface area contributed by atoms with Gasteiger partial charge in [0.25, 0.3) is 5.91 Å². The molecule has 2 aliphatic rings. The maximum atomic E-state index is 13.0. The number of hydrogen-bond acceptors (Lipinski definition) is 4. The number of amides is 1. The van der Waals surface area contributed by atoms with Gasteiger partial charge in [-0.15, -0.1) is 0 Å². The zero-order valence-corrected chi connectivity index (χ0v) is 15.1. The standard InChI is InChI=1S/C19H25N2O3/c1-13-10-14(2)17(15(3)11-13)16-12-19(21(24-5)18(16)22)6-8-20(23-4)9-7-19/h10-11H,6-9H2,1-5H3. The first-order chi connectivity index (χ1) is 11.4. The number of hydroxylamine groups is 4. The summed E-state index contributed by atoms with van der Waals surface area (Å²) in [5.41, 5.74) is 4.53. The molecular weight excluding hydrogens is 304 g/mol. The third-order valence-electron chi connectivity index (χ3n) is 5.06. The third kappa shape index (κ3) is 2.66. The second-order valence-corrected chi connectivity index (χ2v) is 6.70. The quantitative estimate of drug-likeness (QED) is 0.855. The van der Waals surface area contributed by atoms with Crippen molar-refractivity contribution in [1.82, 2.24) is 10.1 Å². The lowest BCUT2D eigenvalue weighted by Gasteiger charge is -2.41. The Kier molecular flexibility index (Phi) is 4.51. The van der Waals surface area contributed by atoms with Crippen LogP contribution >= 0.6 is 0 Å². The summed E-state index contributed by atoms with van der Waals surface area (Å²) in [6.07, 6.45) is 4.99. The molecule has 0 saturated carbocycles. The van der Waals surface area contributed by atoms with Crippen LogP contribution in [0.2, 0.25) is 0 Å². The van der Waals surface area contributed by atoms with Crippen LogP contribution in [0.4, 0.5) is 0 Å². The largest absolute Gasteiger partial charge is 0.302 e. The predicted molar refractivity (Wildman–Crippen MR) is 91.7 cm³/mol. The van der Waals surface area contributed by atoms with Crippen LogP contribution in [0, 0.1) is 26.8 Å². The van der Waals surface area contributed by atoms with Gasteiger partial charge in [0.1, 0.15) is 0 Å². The highest BCUT2D eigenvalue weighted by molar-refractivity contribution is 6.21. The van der Waals surface area contributed by atoms with Crippen molar-refractivity contribution in [2.75, 3.05) is 27.3 Å². The Bertz CT molecular complexity index is 665. The Labute approximate surface area is 143 Å². The highest BCUT2D eigenvalue weighted by Gasteiger charge is 2.49. The van der Waals surface area contributed by atoms with Gasteiger partial charge in [-0.3, -0.25) is 9.63 Å². The minimum absolute atomic E-state index is 0.0987. The van der Waals surface area contributed by atoms with Crippen molar-refractivity contribution in [3.05, 3.63) is 40.5 Å². The van der Waals surface area contributed by atoms with Crippen molar-refractivity contribution in [3.8, 4) is 0 Å². The molecule has 1 spiro atoms. The third-order valence-corrected chi connectivity index (χ3v) is 5.06. The van der Waals surface area contributed by atoms with Crippen LogP contribution < -0.4 is 0 Å². The molecule has 1 fully saturated rings. The number of benzene rings is 1. The van der Waals surface area contributed by atoms with Crippen molar-refractivity contribution in [2.24, 2.45) is 0 Å². The van der Waals surface area contributed by atoms with E-state index in [9.17, 15) is 4.79 Å². The summed E-state index contributed by atoms with van der Waals surface area (Å²) >= 11 is 0. The van der Waals surface area contributed by atoms with E-state index in [2.05, 4.69) is 25.1 Å². The first-order valence-electron chi connectivity index (χ1n) is 8.33. The van der Waals surface area contributed by atoms with Crippen LogP contribution in [0.1, 0.15) is 35.1 Å². The molecule has 5 nitrogen and oxygen atoms in total. The van der Waals surface area contributed by atoms with Crippen LogP contribution in [0.5, 0.6) is 0 Å². The molecule has 1 radical (unpaired) electrons. The zero-order chi connectivity index (χ0) is 17.5. The average Bonchev–Trinajstić information content (AvgIpc) is 2.79. The molecule has 1 amide bonds. The lowest BCUT2D eigenvalue weighted by molar-refractivity contribution is -0.216. The average molecular weight is 329 g/mol. The minimum atomic E-state index is -0.500. The summed E-state index contributed by atoms with van der Waals surface area (Å²) in [7, 11) is 3.23. The molecule has 2 aliphatic heterocycles. The van der Waals surface area contributed by atoms with E-state index < -0.39 is 5.54 Å². The number of nitrogens with zero attached hydrogens (tertiary/aromatic N) is 2. The summed E-state index contributed by atoms with van der Waals surface area (Å²) in [6.45, 7) is 7.66. The van der Waals surface area contributed by atoms with Crippen LogP contribution in [0.3, 0.4) is 0 Å². The Hall–Kier alpha value is -1.69. The molecule has 3 rings (SSSR count). The zero-order valence-electron chi connectivity index (χ0n) is 15.1. The SMILES string of the molecule is CON1CCC2([C]=C(c3c(C)cc(C)cc3C)C(=O)N2OC)CC1. The van der Waals surface area contributed by atoms with Gasteiger partial charge >= 0.3 is 0 Å². The van der Waals surface area contributed by atoms with Gasteiger partial charge in [0, 0.05) is 19.2 Å². The van der Waals surface area contributed by atoms with Crippen LogP contribution in [0.15, 0.2) is 12.1 Å². The van der Waals surface area contributed by atoms with E-state index in [1.165, 1.54) is 10.6 Å². The summed E-state index contributed by atoms with van der Waals surface area (Å²) in [5.74, 6) is -0.0987. The van der Waals surface area contributed by atoms with Gasteiger partial charge in [-0.1, -0.05) is 17.7 Å². The number of rotatable bonds is 3. The van der Waals surface area contributed by atoms with Crippen molar-refractivity contribution in [3.63, 3.8) is 0 Å². The van der Waals surface area contributed by atoms with Gasteiger partial charge in [-0.2, -0.15) is 5.06 Å². The van der Waals surface area contributed by atoms with E-state index in [0.717, 1.165) is 42.6 Å². The summed E-state index contributed by atoms with van der Waals surface area (Å²) in [6, 6.07) is 4.22. The van der Waals surface area contributed by atoms with Crippen molar-refractivity contribution in [2.45, 2.75) is 39.2 Å². The van der Waals surface area contributed by atoms with Crippen LogP contribution in [-0.2, 0) is 14.5 Å². The molecule has 2 heterocycles. The number of piperidine rings is 1. The number of hydrogen-bond donors (Lipinski definition) is 0. The highest BCUT2D eigenvalue weighted by Crippen LogP contribution is 2.41. The molecule has 0 unspecified atom stereocenters. The fourth-order valence-electron chi connectivity index (χ4n) is 4.00. The second-order valence-electron chi connectivity index (χ2n) is 6.70. The monoisotopic (exact) mass is 329 g/mol. The molecule has 0 bridgehead atoms. The van der Waals surface area contributed by atoms with Crippen molar-refractivity contribution >= 4 is 11.5 Å². The predicted octanol–water partition coefficient (Wildman–Crippen LogP) is 2.60. The normalized spacial score (nSPS) is 20.8. The molecule has 1 saturated heterocycles. The van der Waals surface area contributed by atoms with E-state index in [1.54, 1.807) is 14.2 Å². The topological polar surface area (TPSA) is 42.0 Å². The van der Waals surface area contributed by atoms with Gasteiger partial charge in [-0.05, 0) is 50.3 Å². The lowest BCUT2D eigenvalue weighted by Crippen LogP contribution is -2.52. The fourth-order valence-corrected chi connectivity index (χ4v) is 4.00. The van der Waals surface area contributed by atoms with Gasteiger partial charge in [0.15, 0.2) is 0 Å². The molecule has 0 aromatic heterocycles. The van der Waals surface area contributed by atoms with E-state index in [0.29, 0.717) is 5.57 Å². The van der Waals surface area contributed by atoms with E-state index in [4.69, 9.17) is 9.68 Å². The second kappa shape index (κ2) is 6.31. The summed E-state index contributed by atoms with van der Waals surface area (Å²) < 4.78 is 0. The Morgan fingerprint density at radius 3 is 2.12 bits per heavy atom. The molecule has 24 heavy (non-hydrogen) atoms. The Morgan fingerprint density at radius 2 is 1.62 bits per heavy atom. The molecule has 1 aromatic rings. The summed E-state index contributed by atoms with van der Waals surface area (Å²) in [5, 5.41) is 3.42. The van der Waals surface area contributed by atoms with Crippen molar-refractivity contribution < 1.29 is 14.5 Å². The Balaban J connectivity index is 2.03. The minimum Gasteiger partial charge on any atom is -0.302 e. The van der Waals surface area contributed by atoms with Crippen LogP contribution in [0.25, 0.3) is 5.57 Å².